The molecule has 0 radical (unpaired) electrons. The maximum absolute atomic E-state index is 11.3. The van der Waals surface area contributed by atoms with Crippen LogP contribution in [0, 0.1) is 0 Å². The van der Waals surface area contributed by atoms with Gasteiger partial charge in [-0.05, 0) is 64.9 Å². The molecule has 0 bridgehead atoms. The topological polar surface area (TPSA) is 32.6 Å². The van der Waals surface area contributed by atoms with Gasteiger partial charge in [0.1, 0.15) is 5.75 Å². The first-order valence-corrected chi connectivity index (χ1v) is 15.9. The van der Waals surface area contributed by atoms with E-state index in [2.05, 4.69) is 59.6 Å². The summed E-state index contributed by atoms with van der Waals surface area (Å²) in [4.78, 5) is 4.64. The SMILES string of the molecule is Oc1c(C=Nc2ccccc2)cc(C2CCCCC2)cc1-c1cccc2ccccc12.[Cl][Ti][Cl]. The fourth-order valence-corrected chi connectivity index (χ4v) is 4.77. The molecule has 0 aliphatic heterocycles. The quantitative estimate of drug-likeness (QED) is 0.209. The Morgan fingerprint density at radius 1 is 0.794 bits per heavy atom. The van der Waals surface area contributed by atoms with E-state index >= 15 is 0 Å². The number of nitrogens with zero attached hydrogens (tertiary/aromatic N) is 1. The third-order valence-corrected chi connectivity index (χ3v) is 6.43. The van der Waals surface area contributed by atoms with Crippen LogP contribution in [0.5, 0.6) is 5.75 Å². The summed E-state index contributed by atoms with van der Waals surface area (Å²) >= 11 is -0.556. The molecule has 4 aromatic rings. The number of rotatable bonds is 4. The van der Waals surface area contributed by atoms with Gasteiger partial charge in [-0.2, -0.15) is 0 Å². The molecule has 1 N–H and O–H groups in total. The van der Waals surface area contributed by atoms with Crippen molar-refractivity contribution in [3.05, 3.63) is 96.1 Å². The van der Waals surface area contributed by atoms with Gasteiger partial charge in [-0.3, -0.25) is 4.99 Å². The number of benzene rings is 4. The van der Waals surface area contributed by atoms with Crippen LogP contribution >= 0.6 is 18.6 Å². The van der Waals surface area contributed by atoms with E-state index in [4.69, 9.17) is 18.6 Å². The number of hydrogen-bond acceptors (Lipinski definition) is 2. The Bertz CT molecular complexity index is 1250. The van der Waals surface area contributed by atoms with Crippen LogP contribution in [-0.2, 0) is 17.0 Å². The van der Waals surface area contributed by atoms with Gasteiger partial charge in [0, 0.05) is 17.3 Å². The minimum absolute atomic E-state index is 0.301. The van der Waals surface area contributed by atoms with E-state index in [1.54, 1.807) is 0 Å². The molecule has 5 heteroatoms. The fourth-order valence-electron chi connectivity index (χ4n) is 4.77. The van der Waals surface area contributed by atoms with Crippen LogP contribution in [0.25, 0.3) is 21.9 Å². The molecule has 0 unspecified atom stereocenters. The molecule has 0 spiro atoms. The van der Waals surface area contributed by atoms with Gasteiger partial charge in [0.2, 0.25) is 0 Å². The molecular weight excluding hydrogens is 497 g/mol. The van der Waals surface area contributed by atoms with Crippen molar-refractivity contribution in [2.75, 3.05) is 0 Å². The average Bonchev–Trinajstić information content (AvgIpc) is 2.89. The van der Waals surface area contributed by atoms with Gasteiger partial charge in [-0.1, -0.05) is 79.9 Å². The molecule has 0 saturated heterocycles. The summed E-state index contributed by atoms with van der Waals surface area (Å²) in [6, 6.07) is 28.9. The summed E-state index contributed by atoms with van der Waals surface area (Å²) in [7, 11) is 9.78. The van der Waals surface area contributed by atoms with Crippen LogP contribution in [0.2, 0.25) is 0 Å². The summed E-state index contributed by atoms with van der Waals surface area (Å²) in [6.07, 6.45) is 8.13. The molecular formula is C29H27Cl2NOTi. The van der Waals surface area contributed by atoms with Gasteiger partial charge < -0.3 is 5.11 Å². The Morgan fingerprint density at radius 3 is 2.24 bits per heavy atom. The predicted molar refractivity (Wildman–Crippen MR) is 142 cm³/mol. The molecule has 1 saturated carbocycles. The number of phenols is 1. The Kier molecular flexibility index (Phi) is 9.24. The number of aliphatic imine (C=N–C) groups is 1. The molecule has 0 heterocycles. The van der Waals surface area contributed by atoms with Crippen LogP contribution in [0.3, 0.4) is 0 Å². The van der Waals surface area contributed by atoms with E-state index < -0.39 is 17.0 Å². The third kappa shape index (κ3) is 6.12. The minimum atomic E-state index is -0.556. The van der Waals surface area contributed by atoms with Gasteiger partial charge in [0.05, 0.1) is 5.69 Å². The molecule has 172 valence electrons. The Hall–Kier alpha value is -2.10. The summed E-state index contributed by atoms with van der Waals surface area (Å²) in [5.74, 6) is 0.850. The van der Waals surface area contributed by atoms with Crippen LogP contribution in [0.4, 0.5) is 5.69 Å². The van der Waals surface area contributed by atoms with E-state index in [-0.39, 0.29) is 0 Å². The Morgan fingerprint density at radius 2 is 1.47 bits per heavy atom. The van der Waals surface area contributed by atoms with Crippen molar-refractivity contribution >= 4 is 41.3 Å². The first kappa shape index (κ1) is 25.0. The van der Waals surface area contributed by atoms with E-state index in [0.717, 1.165) is 27.8 Å². The normalized spacial score (nSPS) is 14.1. The van der Waals surface area contributed by atoms with Crippen LogP contribution < -0.4 is 0 Å². The van der Waals surface area contributed by atoms with Crippen molar-refractivity contribution in [1.82, 2.24) is 0 Å². The summed E-state index contributed by atoms with van der Waals surface area (Å²) < 4.78 is 0. The average molecular weight is 524 g/mol. The maximum atomic E-state index is 11.3. The molecule has 1 aliphatic rings. The fraction of sp³-hybridized carbons (Fsp3) is 0.207. The van der Waals surface area contributed by atoms with Crippen molar-refractivity contribution in [2.45, 2.75) is 38.0 Å². The van der Waals surface area contributed by atoms with Crippen LogP contribution in [-0.4, -0.2) is 11.3 Å². The zero-order chi connectivity index (χ0) is 23.8. The molecule has 34 heavy (non-hydrogen) atoms. The van der Waals surface area contributed by atoms with E-state index in [1.807, 2.05) is 36.5 Å². The number of fused-ring (bicyclic) bond motifs is 1. The second-order valence-corrected chi connectivity index (χ2v) is 11.1. The van der Waals surface area contributed by atoms with E-state index in [1.165, 1.54) is 43.1 Å². The standard InChI is InChI=1S/C29H27NO.2ClH.Ti/c31-29-24(20-30-25-14-5-2-6-15-25)18-23(21-10-3-1-4-11-21)19-28(29)27-17-9-13-22-12-7-8-16-26(22)27;;;/h2,5-9,12-21,31H,1,3-4,10-11H2;2*1H;/q;;;+2/p-2. The molecule has 5 rings (SSSR count). The second-order valence-electron chi connectivity index (χ2n) is 8.53. The van der Waals surface area contributed by atoms with Gasteiger partial charge in [0.15, 0.2) is 0 Å². The molecule has 0 atom stereocenters. The zero-order valence-corrected chi connectivity index (χ0v) is 22.0. The third-order valence-electron chi connectivity index (χ3n) is 6.43. The van der Waals surface area contributed by atoms with Gasteiger partial charge in [0.25, 0.3) is 0 Å². The number of aromatic hydroxyl groups is 1. The monoisotopic (exact) mass is 523 g/mol. The number of hydrogen-bond donors (Lipinski definition) is 1. The van der Waals surface area contributed by atoms with Gasteiger partial charge in [-0.25, -0.2) is 0 Å². The first-order valence-electron chi connectivity index (χ1n) is 11.6. The number of halogens is 2. The second kappa shape index (κ2) is 12.6. The van der Waals surface area contributed by atoms with E-state index in [0.29, 0.717) is 11.7 Å². The Labute approximate surface area is 218 Å². The molecule has 2 nitrogen and oxygen atoms in total. The molecule has 0 aromatic heterocycles. The molecule has 1 aliphatic carbocycles. The number of phenolic OH excluding ortho intramolecular Hbond substituents is 1. The van der Waals surface area contributed by atoms with Crippen molar-refractivity contribution in [1.29, 1.82) is 0 Å². The number of para-hydroxylation sites is 1. The van der Waals surface area contributed by atoms with Crippen molar-refractivity contribution < 1.29 is 22.1 Å². The van der Waals surface area contributed by atoms with E-state index in [9.17, 15) is 5.11 Å². The van der Waals surface area contributed by atoms with Crippen molar-refractivity contribution in [2.24, 2.45) is 4.99 Å². The molecule has 0 amide bonds. The molecule has 4 aromatic carbocycles. The molecule has 1 fully saturated rings. The Balaban J connectivity index is 0.000000868. The van der Waals surface area contributed by atoms with Crippen LogP contribution in [0.15, 0.2) is 89.9 Å². The van der Waals surface area contributed by atoms with Crippen LogP contribution in [0.1, 0.15) is 49.1 Å². The van der Waals surface area contributed by atoms with Crippen molar-refractivity contribution in [3.8, 4) is 16.9 Å². The summed E-state index contributed by atoms with van der Waals surface area (Å²) in [5.41, 5.74) is 4.96. The first-order chi connectivity index (χ1) is 16.7. The van der Waals surface area contributed by atoms with Gasteiger partial charge >= 0.3 is 35.6 Å². The van der Waals surface area contributed by atoms with Crippen molar-refractivity contribution in [3.63, 3.8) is 0 Å². The van der Waals surface area contributed by atoms with Gasteiger partial charge in [-0.15, -0.1) is 0 Å². The summed E-state index contributed by atoms with van der Waals surface area (Å²) in [5, 5.41) is 13.7. The zero-order valence-electron chi connectivity index (χ0n) is 18.9. The predicted octanol–water partition coefficient (Wildman–Crippen LogP) is 9.39. The summed E-state index contributed by atoms with van der Waals surface area (Å²) in [6.45, 7) is 0.